The quantitative estimate of drug-likeness (QED) is 0.806. The molecule has 1 unspecified atom stereocenters. The van der Waals surface area contributed by atoms with Gasteiger partial charge < -0.3 is 5.11 Å². The Balaban J connectivity index is 2.45. The topological polar surface area (TPSA) is 54.4 Å². The van der Waals surface area contributed by atoms with Crippen LogP contribution in [0.1, 0.15) is 17.5 Å². The van der Waals surface area contributed by atoms with Gasteiger partial charge in [-0.15, -0.1) is 0 Å². The monoisotopic (exact) mass is 244 g/mol. The summed E-state index contributed by atoms with van der Waals surface area (Å²) >= 11 is 0. The number of aryl methyl sites for hydroxylation is 1. The van der Waals surface area contributed by atoms with E-state index in [0.29, 0.717) is 11.1 Å². The normalized spacial score (nSPS) is 28.2. The van der Waals surface area contributed by atoms with E-state index in [1.54, 1.807) is 13.0 Å². The van der Waals surface area contributed by atoms with E-state index in [-0.39, 0.29) is 17.9 Å². The minimum absolute atomic E-state index is 0.0426. The fourth-order valence-corrected chi connectivity index (χ4v) is 3.90. The molecule has 1 aliphatic rings. The van der Waals surface area contributed by atoms with Crippen LogP contribution in [0.3, 0.4) is 0 Å². The Morgan fingerprint density at radius 1 is 1.38 bits per heavy atom. The van der Waals surface area contributed by atoms with Crippen molar-refractivity contribution in [2.24, 2.45) is 0 Å². The molecule has 0 amide bonds. The summed E-state index contributed by atoms with van der Waals surface area (Å²) < 4.78 is 35.9. The van der Waals surface area contributed by atoms with Gasteiger partial charge in [0.05, 0.1) is 11.5 Å². The average Bonchev–Trinajstić information content (AvgIpc) is 2.40. The van der Waals surface area contributed by atoms with Crippen molar-refractivity contribution < 1.29 is 17.9 Å². The number of benzene rings is 1. The lowest BCUT2D eigenvalue weighted by atomic mass is 9.92. The summed E-state index contributed by atoms with van der Waals surface area (Å²) in [6, 6.07) is 4.17. The van der Waals surface area contributed by atoms with E-state index in [9.17, 15) is 17.9 Å². The molecular weight excluding hydrogens is 231 g/mol. The third-order valence-electron chi connectivity index (χ3n) is 2.86. The maximum Gasteiger partial charge on any atom is 0.153 e. The summed E-state index contributed by atoms with van der Waals surface area (Å²) in [5, 5.41) is 10.2. The molecule has 0 bridgehead atoms. The van der Waals surface area contributed by atoms with Gasteiger partial charge in [-0.05, 0) is 36.6 Å². The highest BCUT2D eigenvalue weighted by Gasteiger charge is 2.42. The third-order valence-corrected chi connectivity index (χ3v) is 4.61. The number of aliphatic hydroxyl groups is 1. The first-order valence-electron chi connectivity index (χ1n) is 5.01. The maximum atomic E-state index is 13.2. The van der Waals surface area contributed by atoms with E-state index in [4.69, 9.17) is 0 Å². The molecule has 0 spiro atoms. The van der Waals surface area contributed by atoms with Crippen LogP contribution in [0.25, 0.3) is 0 Å². The molecule has 1 atom stereocenters. The predicted molar refractivity (Wildman–Crippen MR) is 58.3 cm³/mol. The molecule has 0 aliphatic carbocycles. The molecular formula is C11H13FO3S. The summed E-state index contributed by atoms with van der Waals surface area (Å²) in [5.41, 5.74) is -0.398. The number of sulfone groups is 1. The van der Waals surface area contributed by atoms with Gasteiger partial charge in [-0.1, -0.05) is 6.07 Å². The molecule has 1 saturated heterocycles. The number of rotatable bonds is 1. The molecule has 1 aliphatic heterocycles. The van der Waals surface area contributed by atoms with Crippen LogP contribution in [0, 0.1) is 12.7 Å². The fourth-order valence-electron chi connectivity index (χ4n) is 2.07. The van der Waals surface area contributed by atoms with E-state index in [2.05, 4.69) is 0 Å². The van der Waals surface area contributed by atoms with E-state index >= 15 is 0 Å². The Morgan fingerprint density at radius 2 is 2.06 bits per heavy atom. The summed E-state index contributed by atoms with van der Waals surface area (Å²) in [4.78, 5) is 0. The van der Waals surface area contributed by atoms with Crippen molar-refractivity contribution in [1.29, 1.82) is 0 Å². The second kappa shape index (κ2) is 3.53. The van der Waals surface area contributed by atoms with Gasteiger partial charge in [0, 0.05) is 0 Å². The second-order valence-electron chi connectivity index (χ2n) is 4.39. The van der Waals surface area contributed by atoms with Crippen LogP contribution in [0.4, 0.5) is 4.39 Å². The Kier molecular flexibility index (Phi) is 2.55. The summed E-state index contributed by atoms with van der Waals surface area (Å²) in [6.07, 6.45) is 0.137. The van der Waals surface area contributed by atoms with E-state index < -0.39 is 21.3 Å². The Bertz CT molecular complexity index is 504. The summed E-state index contributed by atoms with van der Waals surface area (Å²) in [5.74, 6) is -0.810. The third kappa shape index (κ3) is 2.10. The Hall–Kier alpha value is -0.940. The van der Waals surface area contributed by atoms with Crippen LogP contribution >= 0.6 is 0 Å². The van der Waals surface area contributed by atoms with Crippen LogP contribution in [-0.4, -0.2) is 25.0 Å². The van der Waals surface area contributed by atoms with E-state index in [1.807, 2.05) is 0 Å². The Labute approximate surface area is 93.8 Å². The van der Waals surface area contributed by atoms with Crippen molar-refractivity contribution in [1.82, 2.24) is 0 Å². The number of hydrogen-bond acceptors (Lipinski definition) is 3. The van der Waals surface area contributed by atoms with Crippen LogP contribution in [0.15, 0.2) is 18.2 Å². The minimum atomic E-state index is -3.20. The van der Waals surface area contributed by atoms with Crippen LogP contribution in [0.2, 0.25) is 0 Å². The first-order chi connectivity index (χ1) is 7.31. The highest BCUT2D eigenvalue weighted by Crippen LogP contribution is 2.34. The zero-order valence-electron chi connectivity index (χ0n) is 8.90. The maximum absolute atomic E-state index is 13.2. The molecule has 16 heavy (non-hydrogen) atoms. The predicted octanol–water partition coefficient (Wildman–Crippen LogP) is 1.14. The van der Waals surface area contributed by atoms with Crippen LogP contribution < -0.4 is 0 Å². The molecule has 3 nitrogen and oxygen atoms in total. The second-order valence-corrected chi connectivity index (χ2v) is 6.57. The van der Waals surface area contributed by atoms with Gasteiger partial charge in [0.2, 0.25) is 0 Å². The summed E-state index contributed by atoms with van der Waals surface area (Å²) in [6.45, 7) is 1.71. The first kappa shape index (κ1) is 11.5. The molecule has 1 N–H and O–H groups in total. The SMILES string of the molecule is Cc1cc(F)cc(C2(O)CCS(=O)(=O)C2)c1. The van der Waals surface area contributed by atoms with Crippen molar-refractivity contribution in [2.75, 3.05) is 11.5 Å². The highest BCUT2D eigenvalue weighted by atomic mass is 32.2. The zero-order valence-corrected chi connectivity index (χ0v) is 9.72. The van der Waals surface area contributed by atoms with Gasteiger partial charge in [0.15, 0.2) is 9.84 Å². The lowest BCUT2D eigenvalue weighted by Crippen LogP contribution is -2.27. The van der Waals surface area contributed by atoms with Crippen molar-refractivity contribution in [3.05, 3.63) is 35.1 Å². The molecule has 5 heteroatoms. The molecule has 1 aromatic carbocycles. The standard InChI is InChI=1S/C11H13FO3S/c1-8-4-9(6-10(12)5-8)11(13)2-3-16(14,15)7-11/h4-6,13H,2-3,7H2,1H3. The molecule has 2 rings (SSSR count). The minimum Gasteiger partial charge on any atom is -0.384 e. The molecule has 0 saturated carbocycles. The van der Waals surface area contributed by atoms with Crippen molar-refractivity contribution in [2.45, 2.75) is 18.9 Å². The van der Waals surface area contributed by atoms with Gasteiger partial charge in [-0.25, -0.2) is 12.8 Å². The molecule has 0 aromatic heterocycles. The smallest absolute Gasteiger partial charge is 0.153 e. The Morgan fingerprint density at radius 3 is 2.56 bits per heavy atom. The molecule has 88 valence electrons. The molecule has 0 radical (unpaired) electrons. The molecule has 1 heterocycles. The van der Waals surface area contributed by atoms with Gasteiger partial charge >= 0.3 is 0 Å². The van der Waals surface area contributed by atoms with Gasteiger partial charge in [-0.2, -0.15) is 0 Å². The lowest BCUT2D eigenvalue weighted by Gasteiger charge is -2.21. The molecule has 1 fully saturated rings. The first-order valence-corrected chi connectivity index (χ1v) is 6.83. The van der Waals surface area contributed by atoms with Crippen molar-refractivity contribution >= 4 is 9.84 Å². The highest BCUT2D eigenvalue weighted by molar-refractivity contribution is 7.91. The summed E-state index contributed by atoms with van der Waals surface area (Å²) in [7, 11) is -3.20. The largest absolute Gasteiger partial charge is 0.384 e. The van der Waals surface area contributed by atoms with E-state index in [1.165, 1.54) is 12.1 Å². The van der Waals surface area contributed by atoms with Crippen LogP contribution in [0.5, 0.6) is 0 Å². The number of halogens is 1. The number of hydrogen-bond donors (Lipinski definition) is 1. The lowest BCUT2D eigenvalue weighted by molar-refractivity contribution is 0.0649. The van der Waals surface area contributed by atoms with Gasteiger partial charge in [0.25, 0.3) is 0 Å². The van der Waals surface area contributed by atoms with Crippen molar-refractivity contribution in [3.8, 4) is 0 Å². The van der Waals surface area contributed by atoms with Crippen LogP contribution in [-0.2, 0) is 15.4 Å². The van der Waals surface area contributed by atoms with Gasteiger partial charge in [0.1, 0.15) is 11.4 Å². The molecule has 1 aromatic rings. The van der Waals surface area contributed by atoms with Gasteiger partial charge in [-0.3, -0.25) is 0 Å². The zero-order chi connectivity index (χ0) is 12.0. The van der Waals surface area contributed by atoms with Crippen molar-refractivity contribution in [3.63, 3.8) is 0 Å². The van der Waals surface area contributed by atoms with E-state index in [0.717, 1.165) is 0 Å². The fraction of sp³-hybridized carbons (Fsp3) is 0.455. The average molecular weight is 244 g/mol.